The predicted octanol–water partition coefficient (Wildman–Crippen LogP) is 2.88. The van der Waals surface area contributed by atoms with Gasteiger partial charge in [0, 0.05) is 11.6 Å². The lowest BCUT2D eigenvalue weighted by Crippen LogP contribution is -2.41. The van der Waals surface area contributed by atoms with Crippen LogP contribution >= 0.6 is 23.4 Å². The number of hydrogen-bond acceptors (Lipinski definition) is 7. The zero-order chi connectivity index (χ0) is 18.9. The maximum Gasteiger partial charge on any atom is 0.321 e. The first-order chi connectivity index (χ1) is 12.4. The average Bonchev–Trinajstić information content (AvgIpc) is 3.06. The minimum Gasteiger partial charge on any atom is -0.484 e. The van der Waals surface area contributed by atoms with Crippen molar-refractivity contribution in [3.63, 3.8) is 0 Å². The lowest BCUT2D eigenvalue weighted by Gasteiger charge is -2.07. The fraction of sp³-hybridized carbons (Fsp3) is 0.375. The molecule has 0 fully saturated rings. The van der Waals surface area contributed by atoms with Gasteiger partial charge in [0.2, 0.25) is 5.91 Å². The Morgan fingerprint density at radius 1 is 1.27 bits per heavy atom. The molecule has 0 aliphatic rings. The molecule has 1 aromatic heterocycles. The van der Waals surface area contributed by atoms with E-state index in [1.807, 2.05) is 13.8 Å². The Kier molecular flexibility index (Phi) is 7.73. The Morgan fingerprint density at radius 2 is 2.00 bits per heavy atom. The van der Waals surface area contributed by atoms with Crippen LogP contribution in [0.1, 0.15) is 19.7 Å². The highest BCUT2D eigenvalue weighted by Gasteiger charge is 2.12. The Balaban J connectivity index is 1.71. The number of nitrogens with zero attached hydrogens (tertiary/aromatic N) is 2. The Labute approximate surface area is 160 Å². The van der Waals surface area contributed by atoms with Crippen molar-refractivity contribution in [1.29, 1.82) is 0 Å². The summed E-state index contributed by atoms with van der Waals surface area (Å²) in [6.07, 6.45) is 0. The quantitative estimate of drug-likeness (QED) is 0.658. The molecule has 1 aromatic carbocycles. The number of imide groups is 1. The number of ether oxygens (including phenoxy) is 1. The summed E-state index contributed by atoms with van der Waals surface area (Å²) < 4.78 is 10.9. The van der Waals surface area contributed by atoms with Crippen LogP contribution in [0.15, 0.2) is 33.9 Å². The van der Waals surface area contributed by atoms with Gasteiger partial charge in [-0.25, -0.2) is 4.79 Å². The summed E-state index contributed by atoms with van der Waals surface area (Å²) in [6.45, 7) is 4.51. The maximum absolute atomic E-state index is 11.7. The number of carbonyl (C=O) groups excluding carboxylic acids is 2. The second-order valence-corrected chi connectivity index (χ2v) is 7.01. The summed E-state index contributed by atoms with van der Waals surface area (Å²) in [5.41, 5.74) is 0. The van der Waals surface area contributed by atoms with Crippen molar-refractivity contribution in [2.75, 3.05) is 12.3 Å². The van der Waals surface area contributed by atoms with E-state index < -0.39 is 11.9 Å². The number of nitrogens with one attached hydrogen (secondary N) is 2. The van der Waals surface area contributed by atoms with E-state index in [2.05, 4.69) is 20.8 Å². The van der Waals surface area contributed by atoms with Gasteiger partial charge in [0.25, 0.3) is 11.1 Å². The summed E-state index contributed by atoms with van der Waals surface area (Å²) in [4.78, 5) is 23.2. The van der Waals surface area contributed by atoms with Crippen LogP contribution in [0.5, 0.6) is 5.75 Å². The van der Waals surface area contributed by atoms with Gasteiger partial charge in [-0.2, -0.15) is 0 Å². The standard InChI is InChI=1S/C16H19ClN4O4S/c1-10(2)7-18-15(23)19-13(22)9-26-16-21-20-14(25-16)8-24-12-5-3-11(17)4-6-12/h3-6,10H,7-9H2,1-2H3,(H2,18,19,22,23). The van der Waals surface area contributed by atoms with Gasteiger partial charge < -0.3 is 14.5 Å². The molecule has 0 saturated carbocycles. The SMILES string of the molecule is CC(C)CNC(=O)NC(=O)CSc1nnc(COc2ccc(Cl)cc2)o1. The van der Waals surface area contributed by atoms with Gasteiger partial charge in [-0.05, 0) is 30.2 Å². The van der Waals surface area contributed by atoms with E-state index in [0.29, 0.717) is 23.2 Å². The summed E-state index contributed by atoms with van der Waals surface area (Å²) in [6, 6.07) is 6.35. The summed E-state index contributed by atoms with van der Waals surface area (Å²) in [7, 11) is 0. The molecule has 2 aromatic rings. The van der Waals surface area contributed by atoms with E-state index in [4.69, 9.17) is 20.8 Å². The van der Waals surface area contributed by atoms with Crippen LogP contribution in [0.25, 0.3) is 0 Å². The van der Waals surface area contributed by atoms with Gasteiger partial charge in [-0.3, -0.25) is 10.1 Å². The highest BCUT2D eigenvalue weighted by Crippen LogP contribution is 2.19. The number of carbonyl (C=O) groups is 2. The topological polar surface area (TPSA) is 106 Å². The third kappa shape index (κ3) is 7.32. The third-order valence-corrected chi connectivity index (χ3v) is 3.95. The minimum absolute atomic E-state index is 0.0191. The zero-order valence-corrected chi connectivity index (χ0v) is 15.9. The van der Waals surface area contributed by atoms with Gasteiger partial charge >= 0.3 is 6.03 Å². The number of amides is 3. The van der Waals surface area contributed by atoms with Crippen molar-refractivity contribution in [2.45, 2.75) is 25.7 Å². The second kappa shape index (κ2) is 10.0. The summed E-state index contributed by atoms with van der Waals surface area (Å²) in [5.74, 6) is 0.728. The molecule has 0 aliphatic carbocycles. The number of aromatic nitrogens is 2. The highest BCUT2D eigenvalue weighted by molar-refractivity contribution is 7.99. The second-order valence-electron chi connectivity index (χ2n) is 5.65. The molecule has 0 spiro atoms. The molecule has 0 unspecified atom stereocenters. The molecule has 3 amide bonds. The lowest BCUT2D eigenvalue weighted by atomic mass is 10.2. The van der Waals surface area contributed by atoms with E-state index in [-0.39, 0.29) is 23.5 Å². The molecule has 140 valence electrons. The van der Waals surface area contributed by atoms with Gasteiger partial charge in [-0.15, -0.1) is 10.2 Å². The molecule has 2 rings (SSSR count). The number of rotatable bonds is 8. The number of benzene rings is 1. The van der Waals surface area contributed by atoms with Crippen molar-refractivity contribution in [2.24, 2.45) is 5.92 Å². The Morgan fingerprint density at radius 3 is 2.69 bits per heavy atom. The molecule has 0 saturated heterocycles. The summed E-state index contributed by atoms with van der Waals surface area (Å²) in [5, 5.41) is 13.3. The van der Waals surface area contributed by atoms with Crippen molar-refractivity contribution in [3.8, 4) is 5.75 Å². The van der Waals surface area contributed by atoms with Gasteiger partial charge in [0.15, 0.2) is 6.61 Å². The van der Waals surface area contributed by atoms with E-state index >= 15 is 0 Å². The van der Waals surface area contributed by atoms with E-state index in [1.165, 1.54) is 0 Å². The fourth-order valence-corrected chi connectivity index (χ4v) is 2.37. The zero-order valence-electron chi connectivity index (χ0n) is 14.3. The molecule has 0 aliphatic heterocycles. The van der Waals surface area contributed by atoms with Crippen LogP contribution in [0.3, 0.4) is 0 Å². The monoisotopic (exact) mass is 398 g/mol. The van der Waals surface area contributed by atoms with Crippen molar-refractivity contribution in [3.05, 3.63) is 35.2 Å². The predicted molar refractivity (Wildman–Crippen MR) is 97.2 cm³/mol. The van der Waals surface area contributed by atoms with Crippen LogP contribution in [-0.4, -0.2) is 34.4 Å². The number of halogens is 1. The van der Waals surface area contributed by atoms with Crippen LogP contribution in [0.4, 0.5) is 4.79 Å². The van der Waals surface area contributed by atoms with Crippen molar-refractivity contribution in [1.82, 2.24) is 20.8 Å². The molecule has 2 N–H and O–H groups in total. The molecule has 0 bridgehead atoms. The number of urea groups is 1. The molecule has 0 radical (unpaired) electrons. The van der Waals surface area contributed by atoms with Gasteiger partial charge in [-0.1, -0.05) is 37.2 Å². The van der Waals surface area contributed by atoms with Crippen LogP contribution in [0.2, 0.25) is 5.02 Å². The van der Waals surface area contributed by atoms with Crippen molar-refractivity contribution < 1.29 is 18.7 Å². The first kappa shape index (κ1) is 20.1. The molecule has 8 nitrogen and oxygen atoms in total. The number of hydrogen-bond donors (Lipinski definition) is 2. The smallest absolute Gasteiger partial charge is 0.321 e. The lowest BCUT2D eigenvalue weighted by molar-refractivity contribution is -0.117. The van der Waals surface area contributed by atoms with Crippen molar-refractivity contribution >= 4 is 35.3 Å². The maximum atomic E-state index is 11.7. The Hall–Kier alpha value is -2.26. The minimum atomic E-state index is -0.521. The molecular weight excluding hydrogens is 380 g/mol. The molecule has 10 heteroatoms. The molecule has 0 atom stereocenters. The largest absolute Gasteiger partial charge is 0.484 e. The van der Waals surface area contributed by atoms with Crippen LogP contribution in [0, 0.1) is 5.92 Å². The van der Waals surface area contributed by atoms with E-state index in [9.17, 15) is 9.59 Å². The molecular formula is C16H19ClN4O4S. The first-order valence-corrected chi connectivity index (χ1v) is 9.20. The summed E-state index contributed by atoms with van der Waals surface area (Å²) >= 11 is 6.83. The van der Waals surface area contributed by atoms with Gasteiger partial charge in [0.1, 0.15) is 5.75 Å². The third-order valence-electron chi connectivity index (χ3n) is 2.87. The first-order valence-electron chi connectivity index (χ1n) is 7.83. The number of thioether (sulfide) groups is 1. The fourth-order valence-electron chi connectivity index (χ4n) is 1.66. The molecule has 1 heterocycles. The molecule has 26 heavy (non-hydrogen) atoms. The van der Waals surface area contributed by atoms with Gasteiger partial charge in [0.05, 0.1) is 5.75 Å². The van der Waals surface area contributed by atoms with E-state index in [0.717, 1.165) is 11.8 Å². The normalized spacial score (nSPS) is 10.6. The van der Waals surface area contributed by atoms with Crippen LogP contribution in [-0.2, 0) is 11.4 Å². The average molecular weight is 399 g/mol. The Bertz CT molecular complexity index is 736. The van der Waals surface area contributed by atoms with E-state index in [1.54, 1.807) is 24.3 Å². The highest BCUT2D eigenvalue weighted by atomic mass is 35.5. The van der Waals surface area contributed by atoms with Crippen LogP contribution < -0.4 is 15.4 Å².